The van der Waals surface area contributed by atoms with Crippen molar-refractivity contribution in [1.82, 2.24) is 9.80 Å². The van der Waals surface area contributed by atoms with E-state index in [-0.39, 0.29) is 18.1 Å². The maximum absolute atomic E-state index is 12.6. The molecule has 120 valence electrons. The number of piperidine rings is 1. The molecule has 22 heavy (non-hydrogen) atoms. The average molecular weight is 302 g/mol. The zero-order chi connectivity index (χ0) is 15.5. The van der Waals surface area contributed by atoms with Gasteiger partial charge in [-0.2, -0.15) is 0 Å². The van der Waals surface area contributed by atoms with Gasteiger partial charge < -0.3 is 10.0 Å². The van der Waals surface area contributed by atoms with Crippen LogP contribution in [0.2, 0.25) is 0 Å². The van der Waals surface area contributed by atoms with Crippen LogP contribution in [-0.4, -0.2) is 53.6 Å². The summed E-state index contributed by atoms with van der Waals surface area (Å²) >= 11 is 0. The lowest BCUT2D eigenvalue weighted by atomic mass is 9.87. The van der Waals surface area contributed by atoms with E-state index in [0.717, 1.165) is 45.2 Å². The van der Waals surface area contributed by atoms with Crippen molar-refractivity contribution in [2.45, 2.75) is 44.2 Å². The van der Waals surface area contributed by atoms with Gasteiger partial charge in [0, 0.05) is 20.1 Å². The van der Waals surface area contributed by atoms with Crippen molar-refractivity contribution in [3.8, 4) is 0 Å². The minimum atomic E-state index is -0.186. The summed E-state index contributed by atoms with van der Waals surface area (Å²) in [5.41, 5.74) is 2.71. The summed E-state index contributed by atoms with van der Waals surface area (Å²) in [5.74, 6) is 0.193. The van der Waals surface area contributed by atoms with Crippen LogP contribution < -0.4 is 0 Å². The van der Waals surface area contributed by atoms with Crippen LogP contribution in [0.5, 0.6) is 0 Å². The van der Waals surface area contributed by atoms with Crippen molar-refractivity contribution >= 4 is 5.91 Å². The van der Waals surface area contributed by atoms with Gasteiger partial charge in [-0.15, -0.1) is 0 Å². The Morgan fingerprint density at radius 3 is 2.77 bits per heavy atom. The highest BCUT2D eigenvalue weighted by Gasteiger charge is 2.28. The lowest BCUT2D eigenvalue weighted by molar-refractivity contribution is -0.134. The van der Waals surface area contributed by atoms with E-state index in [9.17, 15) is 9.90 Å². The summed E-state index contributed by atoms with van der Waals surface area (Å²) in [6.07, 6.45) is 4.70. The minimum absolute atomic E-state index is 0.186. The largest absolute Gasteiger partial charge is 0.393 e. The van der Waals surface area contributed by atoms with Crippen LogP contribution in [-0.2, 0) is 11.2 Å². The molecule has 1 aromatic rings. The number of likely N-dealkylation sites (N-methyl/N-ethyl adjacent to an activating group) is 1. The lowest BCUT2D eigenvalue weighted by Gasteiger charge is -2.35. The van der Waals surface area contributed by atoms with E-state index in [2.05, 4.69) is 29.2 Å². The fourth-order valence-corrected chi connectivity index (χ4v) is 3.68. The van der Waals surface area contributed by atoms with Crippen molar-refractivity contribution in [3.63, 3.8) is 0 Å². The van der Waals surface area contributed by atoms with E-state index < -0.39 is 0 Å². The number of fused-ring (bicyclic) bond motifs is 1. The molecule has 0 spiro atoms. The van der Waals surface area contributed by atoms with Crippen LogP contribution in [0.4, 0.5) is 0 Å². The van der Waals surface area contributed by atoms with Gasteiger partial charge in [-0.3, -0.25) is 9.69 Å². The molecule has 1 aliphatic carbocycles. The molecule has 2 aliphatic rings. The van der Waals surface area contributed by atoms with E-state index in [1.807, 2.05) is 11.9 Å². The van der Waals surface area contributed by atoms with E-state index in [1.54, 1.807) is 0 Å². The van der Waals surface area contributed by atoms with Crippen molar-refractivity contribution in [2.75, 3.05) is 26.7 Å². The average Bonchev–Trinajstić information content (AvgIpc) is 2.55. The first-order chi connectivity index (χ1) is 10.6. The van der Waals surface area contributed by atoms with Crippen molar-refractivity contribution in [1.29, 1.82) is 0 Å². The molecule has 1 fully saturated rings. The second kappa shape index (κ2) is 6.80. The molecule has 4 nitrogen and oxygen atoms in total. The summed E-state index contributed by atoms with van der Waals surface area (Å²) in [6.45, 7) is 2.12. The number of hydrogen-bond donors (Lipinski definition) is 1. The minimum Gasteiger partial charge on any atom is -0.393 e. The monoisotopic (exact) mass is 302 g/mol. The smallest absolute Gasteiger partial charge is 0.237 e. The molecule has 1 amide bonds. The number of carbonyl (C=O) groups is 1. The Morgan fingerprint density at radius 2 is 2.00 bits per heavy atom. The molecule has 3 rings (SSSR count). The third-order valence-corrected chi connectivity index (χ3v) is 5.11. The van der Waals surface area contributed by atoms with E-state index in [1.165, 1.54) is 11.1 Å². The number of amides is 1. The summed E-state index contributed by atoms with van der Waals surface area (Å²) in [5, 5.41) is 9.56. The Labute approximate surface area is 132 Å². The Bertz CT molecular complexity index is 524. The number of nitrogens with zero attached hydrogens (tertiary/aromatic N) is 2. The Balaban J connectivity index is 1.64. The van der Waals surface area contributed by atoms with Crippen molar-refractivity contribution < 1.29 is 9.90 Å². The molecule has 1 heterocycles. The number of benzene rings is 1. The number of aryl methyl sites for hydroxylation is 1. The molecule has 0 aromatic heterocycles. The van der Waals surface area contributed by atoms with Gasteiger partial charge >= 0.3 is 0 Å². The zero-order valence-corrected chi connectivity index (χ0v) is 13.4. The Hall–Kier alpha value is -1.39. The highest BCUT2D eigenvalue weighted by atomic mass is 16.3. The SMILES string of the molecule is CN(C(=O)CN1CCC(O)CC1)C1CCCc2ccccc21. The molecule has 1 N–H and O–H groups in total. The van der Waals surface area contributed by atoms with Gasteiger partial charge in [-0.05, 0) is 43.2 Å². The molecule has 0 bridgehead atoms. The van der Waals surface area contributed by atoms with Crippen molar-refractivity contribution in [3.05, 3.63) is 35.4 Å². The molecule has 1 saturated heterocycles. The number of aliphatic hydroxyl groups excluding tert-OH is 1. The van der Waals surface area contributed by atoms with Crippen molar-refractivity contribution in [2.24, 2.45) is 0 Å². The van der Waals surface area contributed by atoms with Crippen LogP contribution >= 0.6 is 0 Å². The molecular weight excluding hydrogens is 276 g/mol. The van der Waals surface area contributed by atoms with Gasteiger partial charge in [0.05, 0.1) is 18.7 Å². The van der Waals surface area contributed by atoms with Crippen LogP contribution in [0, 0.1) is 0 Å². The quantitative estimate of drug-likeness (QED) is 0.928. The number of carbonyl (C=O) groups excluding carboxylic acids is 1. The predicted molar refractivity (Wildman–Crippen MR) is 86.6 cm³/mol. The molecule has 1 unspecified atom stereocenters. The third-order valence-electron chi connectivity index (χ3n) is 5.11. The summed E-state index contributed by atoms with van der Waals surface area (Å²) in [4.78, 5) is 16.7. The molecule has 1 atom stereocenters. The number of likely N-dealkylation sites (tertiary alicyclic amines) is 1. The molecule has 1 aliphatic heterocycles. The summed E-state index contributed by atoms with van der Waals surface area (Å²) in [7, 11) is 1.94. The molecule has 0 radical (unpaired) electrons. The van der Waals surface area contributed by atoms with Gasteiger partial charge in [0.2, 0.25) is 5.91 Å². The molecule has 1 aromatic carbocycles. The Morgan fingerprint density at radius 1 is 1.27 bits per heavy atom. The molecular formula is C18H26N2O2. The highest BCUT2D eigenvalue weighted by Crippen LogP contribution is 2.33. The van der Waals surface area contributed by atoms with E-state index in [0.29, 0.717) is 6.54 Å². The molecule has 4 heteroatoms. The standard InChI is InChI=1S/C18H26N2O2/c1-19(18(22)13-20-11-9-15(21)10-12-20)17-8-4-6-14-5-2-3-7-16(14)17/h2-3,5,7,15,17,21H,4,6,8-13H2,1H3. The number of aliphatic hydroxyl groups is 1. The lowest BCUT2D eigenvalue weighted by Crippen LogP contribution is -2.44. The van der Waals surface area contributed by atoms with E-state index in [4.69, 9.17) is 0 Å². The maximum Gasteiger partial charge on any atom is 0.237 e. The second-order valence-corrected chi connectivity index (χ2v) is 6.62. The Kier molecular flexibility index (Phi) is 4.79. The summed E-state index contributed by atoms with van der Waals surface area (Å²) < 4.78 is 0. The third kappa shape index (κ3) is 3.33. The van der Waals surface area contributed by atoms with Crippen LogP contribution in [0.15, 0.2) is 24.3 Å². The first kappa shape index (κ1) is 15.5. The van der Waals surface area contributed by atoms with E-state index >= 15 is 0 Å². The van der Waals surface area contributed by atoms with Gasteiger partial charge in [0.1, 0.15) is 0 Å². The van der Waals surface area contributed by atoms with Gasteiger partial charge in [0.15, 0.2) is 0 Å². The molecule has 0 saturated carbocycles. The second-order valence-electron chi connectivity index (χ2n) is 6.62. The first-order valence-electron chi connectivity index (χ1n) is 8.39. The predicted octanol–water partition coefficient (Wildman–Crippen LogP) is 1.98. The maximum atomic E-state index is 12.6. The van der Waals surface area contributed by atoms with Gasteiger partial charge in [-0.1, -0.05) is 24.3 Å². The van der Waals surface area contributed by atoms with Crippen LogP contribution in [0.3, 0.4) is 0 Å². The first-order valence-corrected chi connectivity index (χ1v) is 8.39. The van der Waals surface area contributed by atoms with Gasteiger partial charge in [-0.25, -0.2) is 0 Å². The number of rotatable bonds is 3. The number of hydrogen-bond acceptors (Lipinski definition) is 3. The normalized spacial score (nSPS) is 23.1. The summed E-state index contributed by atoms with van der Waals surface area (Å²) in [6, 6.07) is 8.73. The van der Waals surface area contributed by atoms with Crippen LogP contribution in [0.1, 0.15) is 42.9 Å². The fraction of sp³-hybridized carbons (Fsp3) is 0.611. The topological polar surface area (TPSA) is 43.8 Å². The van der Waals surface area contributed by atoms with Crippen LogP contribution in [0.25, 0.3) is 0 Å². The van der Waals surface area contributed by atoms with Gasteiger partial charge in [0.25, 0.3) is 0 Å². The zero-order valence-electron chi connectivity index (χ0n) is 13.4. The highest BCUT2D eigenvalue weighted by molar-refractivity contribution is 5.78. The fourth-order valence-electron chi connectivity index (χ4n) is 3.68.